The van der Waals surface area contributed by atoms with Crippen molar-refractivity contribution < 1.29 is 9.59 Å². The number of nitrogens with one attached hydrogen (secondary N) is 2. The molecule has 9 nitrogen and oxygen atoms in total. The summed E-state index contributed by atoms with van der Waals surface area (Å²) in [5.41, 5.74) is 6.08. The Bertz CT molecular complexity index is 1010. The molecular weight excluding hydrogens is 374 g/mol. The molecule has 9 heteroatoms. The highest BCUT2D eigenvalue weighted by atomic mass is 16.2. The van der Waals surface area contributed by atoms with Gasteiger partial charge in [0.25, 0.3) is 11.5 Å². The monoisotopic (exact) mass is 401 g/mol. The van der Waals surface area contributed by atoms with E-state index in [2.05, 4.69) is 10.3 Å². The number of rotatable bonds is 8. The summed E-state index contributed by atoms with van der Waals surface area (Å²) in [4.78, 5) is 52.2. The molecule has 1 aromatic heterocycles. The molecule has 0 aliphatic heterocycles. The Morgan fingerprint density at radius 3 is 2.66 bits per heavy atom. The lowest BCUT2D eigenvalue weighted by Gasteiger charge is -2.20. The molecule has 0 aliphatic carbocycles. The molecule has 0 radical (unpaired) electrons. The van der Waals surface area contributed by atoms with Gasteiger partial charge in [0.15, 0.2) is 5.69 Å². The van der Waals surface area contributed by atoms with Crippen LogP contribution < -0.4 is 27.2 Å². The average Bonchev–Trinajstić information content (AvgIpc) is 2.67. The van der Waals surface area contributed by atoms with Crippen LogP contribution in [0.2, 0.25) is 0 Å². The van der Waals surface area contributed by atoms with Crippen LogP contribution in [0.4, 0.5) is 11.5 Å². The number of unbranched alkanes of at least 4 members (excludes halogenated alkanes) is 1. The molecule has 1 aromatic carbocycles. The van der Waals surface area contributed by atoms with Crippen LogP contribution in [-0.2, 0) is 11.3 Å². The van der Waals surface area contributed by atoms with E-state index in [4.69, 9.17) is 5.73 Å². The molecule has 0 atom stereocenters. The van der Waals surface area contributed by atoms with Crippen LogP contribution >= 0.6 is 0 Å². The molecule has 29 heavy (non-hydrogen) atoms. The lowest BCUT2D eigenvalue weighted by molar-refractivity contribution is -0.118. The van der Waals surface area contributed by atoms with Crippen LogP contribution in [0.3, 0.4) is 0 Å². The van der Waals surface area contributed by atoms with Crippen molar-refractivity contribution in [1.29, 1.82) is 0 Å². The summed E-state index contributed by atoms with van der Waals surface area (Å²) >= 11 is 0. The molecule has 1 heterocycles. The average molecular weight is 401 g/mol. The van der Waals surface area contributed by atoms with Crippen molar-refractivity contribution in [3.8, 4) is 0 Å². The van der Waals surface area contributed by atoms with Crippen LogP contribution in [0, 0.1) is 6.92 Å². The number of hydrogen-bond donors (Lipinski definition) is 3. The van der Waals surface area contributed by atoms with Gasteiger partial charge in [0.05, 0.1) is 0 Å². The Labute approximate surface area is 168 Å². The highest BCUT2D eigenvalue weighted by Gasteiger charge is 2.20. The Balaban J connectivity index is 2.07. The van der Waals surface area contributed by atoms with Crippen molar-refractivity contribution in [2.45, 2.75) is 39.7 Å². The van der Waals surface area contributed by atoms with Crippen molar-refractivity contribution in [3.05, 3.63) is 56.2 Å². The first kappa shape index (κ1) is 21.9. The molecule has 2 amide bonds. The fraction of sp³-hybridized carbons (Fsp3) is 0.400. The summed E-state index contributed by atoms with van der Waals surface area (Å²) in [6.45, 7) is 4.30. The maximum atomic E-state index is 12.5. The van der Waals surface area contributed by atoms with Gasteiger partial charge in [-0.1, -0.05) is 31.0 Å². The van der Waals surface area contributed by atoms with Crippen molar-refractivity contribution in [2.24, 2.45) is 0 Å². The van der Waals surface area contributed by atoms with Gasteiger partial charge in [-0.05, 0) is 25.5 Å². The van der Waals surface area contributed by atoms with E-state index in [0.717, 1.165) is 16.9 Å². The van der Waals surface area contributed by atoms with Gasteiger partial charge < -0.3 is 16.0 Å². The number of aromatic nitrogens is 2. The second-order valence-electron chi connectivity index (χ2n) is 6.83. The smallest absolute Gasteiger partial charge is 0.330 e. The predicted molar refractivity (Wildman–Crippen MR) is 112 cm³/mol. The molecule has 156 valence electrons. The number of aromatic amines is 1. The number of H-pyrrole nitrogens is 1. The van der Waals surface area contributed by atoms with E-state index in [1.54, 1.807) is 18.2 Å². The summed E-state index contributed by atoms with van der Waals surface area (Å²) in [5.74, 6) is -0.742. The second kappa shape index (κ2) is 9.72. The number of nitrogens with two attached hydrogens (primary N) is 1. The van der Waals surface area contributed by atoms with E-state index < -0.39 is 17.2 Å². The van der Waals surface area contributed by atoms with Gasteiger partial charge in [-0.3, -0.25) is 23.9 Å². The lowest BCUT2D eigenvalue weighted by atomic mass is 10.1. The van der Waals surface area contributed by atoms with E-state index in [1.807, 2.05) is 19.9 Å². The lowest BCUT2D eigenvalue weighted by Crippen LogP contribution is -2.40. The third kappa shape index (κ3) is 5.34. The Morgan fingerprint density at radius 2 is 2.00 bits per heavy atom. The number of nitrogens with zero attached hydrogens (tertiary/aromatic N) is 2. The minimum Gasteiger partial charge on any atom is -0.383 e. The maximum Gasteiger partial charge on any atom is 0.330 e. The number of nitrogen functional groups attached to an aromatic ring is 1. The molecule has 2 aromatic rings. The third-order valence-corrected chi connectivity index (χ3v) is 4.56. The minimum absolute atomic E-state index is 0.0268. The predicted octanol–water partition coefficient (Wildman–Crippen LogP) is 1.01. The van der Waals surface area contributed by atoms with Gasteiger partial charge in [0.1, 0.15) is 5.82 Å². The molecule has 0 unspecified atom stereocenters. The molecule has 0 fully saturated rings. The van der Waals surface area contributed by atoms with E-state index in [1.165, 1.54) is 11.6 Å². The number of anilines is 2. The quantitative estimate of drug-likeness (QED) is 0.608. The topological polar surface area (TPSA) is 130 Å². The normalized spacial score (nSPS) is 10.6. The molecule has 0 bridgehead atoms. The first-order valence-electron chi connectivity index (χ1n) is 9.50. The van der Waals surface area contributed by atoms with E-state index in [9.17, 15) is 19.2 Å². The zero-order chi connectivity index (χ0) is 21.6. The van der Waals surface area contributed by atoms with Crippen molar-refractivity contribution in [2.75, 3.05) is 24.2 Å². The molecular formula is C20H27N5O4. The van der Waals surface area contributed by atoms with Crippen LogP contribution in [0.25, 0.3) is 0 Å². The second-order valence-corrected chi connectivity index (χ2v) is 6.83. The fourth-order valence-corrected chi connectivity index (χ4v) is 2.90. The number of amides is 2. The number of aryl methyl sites for hydroxylation is 1. The van der Waals surface area contributed by atoms with Gasteiger partial charge in [0.2, 0.25) is 5.91 Å². The largest absolute Gasteiger partial charge is 0.383 e. The molecule has 4 N–H and O–H groups in total. The van der Waals surface area contributed by atoms with Crippen molar-refractivity contribution >= 4 is 23.3 Å². The maximum absolute atomic E-state index is 12.5. The van der Waals surface area contributed by atoms with Crippen LogP contribution in [0.5, 0.6) is 0 Å². The number of carbonyl (C=O) groups excluding carboxylic acids is 2. The summed E-state index contributed by atoms with van der Waals surface area (Å²) in [6.07, 6.45) is 1.52. The Hall–Kier alpha value is -3.36. The molecule has 2 rings (SSSR count). The molecule has 0 aliphatic rings. The summed E-state index contributed by atoms with van der Waals surface area (Å²) in [6, 6.07) is 7.11. The minimum atomic E-state index is -0.722. The van der Waals surface area contributed by atoms with E-state index in [0.29, 0.717) is 18.5 Å². The standard InChI is InChI=1S/C20H27N5O4/c1-4-5-11-25-17(21)16(19(28)23-20(25)29)24(3)15(26)9-10-22-18(27)14-8-6-7-13(2)12-14/h6-8,12H,4-5,9-11,21H2,1-3H3,(H,22,27)(H,23,28,29). The molecule has 0 saturated carbocycles. The van der Waals surface area contributed by atoms with Gasteiger partial charge in [-0.15, -0.1) is 0 Å². The van der Waals surface area contributed by atoms with Crippen molar-refractivity contribution in [3.63, 3.8) is 0 Å². The zero-order valence-electron chi connectivity index (χ0n) is 16.9. The highest BCUT2D eigenvalue weighted by Crippen LogP contribution is 2.16. The van der Waals surface area contributed by atoms with Gasteiger partial charge >= 0.3 is 5.69 Å². The first-order chi connectivity index (χ1) is 13.8. The molecule has 0 spiro atoms. The molecule has 0 saturated heterocycles. The number of benzene rings is 1. The zero-order valence-corrected chi connectivity index (χ0v) is 16.9. The third-order valence-electron chi connectivity index (χ3n) is 4.56. The van der Waals surface area contributed by atoms with E-state index in [-0.39, 0.29) is 30.4 Å². The van der Waals surface area contributed by atoms with Crippen molar-refractivity contribution in [1.82, 2.24) is 14.9 Å². The van der Waals surface area contributed by atoms with Crippen LogP contribution in [0.15, 0.2) is 33.9 Å². The van der Waals surface area contributed by atoms with Gasteiger partial charge in [-0.2, -0.15) is 0 Å². The Morgan fingerprint density at radius 1 is 1.28 bits per heavy atom. The van der Waals surface area contributed by atoms with Gasteiger partial charge in [-0.25, -0.2) is 4.79 Å². The van der Waals surface area contributed by atoms with Crippen LogP contribution in [-0.4, -0.2) is 35.0 Å². The van der Waals surface area contributed by atoms with E-state index >= 15 is 0 Å². The Kier molecular flexibility index (Phi) is 7.35. The number of hydrogen-bond acceptors (Lipinski definition) is 5. The summed E-state index contributed by atoms with van der Waals surface area (Å²) < 4.78 is 1.25. The first-order valence-corrected chi connectivity index (χ1v) is 9.50. The number of carbonyl (C=O) groups is 2. The fourth-order valence-electron chi connectivity index (χ4n) is 2.90. The summed E-state index contributed by atoms with van der Waals surface area (Å²) in [7, 11) is 1.42. The SMILES string of the molecule is CCCCn1c(N)c(N(C)C(=O)CCNC(=O)c2cccc(C)c2)c(=O)[nH]c1=O. The van der Waals surface area contributed by atoms with Gasteiger partial charge in [0, 0.05) is 32.1 Å². The highest BCUT2D eigenvalue weighted by molar-refractivity contribution is 5.97. The summed E-state index contributed by atoms with van der Waals surface area (Å²) in [5, 5.41) is 2.68. The van der Waals surface area contributed by atoms with Crippen LogP contribution in [0.1, 0.15) is 42.1 Å².